The molecule has 3 aromatic rings. The predicted molar refractivity (Wildman–Crippen MR) is 148 cm³/mol. The summed E-state index contributed by atoms with van der Waals surface area (Å²) in [7, 11) is 1.64. The van der Waals surface area contributed by atoms with Crippen LogP contribution in [0.3, 0.4) is 0 Å². The van der Waals surface area contributed by atoms with Crippen LogP contribution in [0, 0.1) is 23.4 Å². The molecule has 0 spiro atoms. The highest BCUT2D eigenvalue weighted by atomic mass is 19.2. The van der Waals surface area contributed by atoms with Crippen LogP contribution in [0.2, 0.25) is 0 Å². The Morgan fingerprint density at radius 2 is 1.82 bits per heavy atom. The molecule has 1 amide bonds. The smallest absolute Gasteiger partial charge is 0.249 e. The zero-order valence-electron chi connectivity index (χ0n) is 22.4. The Bertz CT molecular complexity index is 1390. The zero-order chi connectivity index (χ0) is 28.1. The molecule has 1 saturated carbocycles. The van der Waals surface area contributed by atoms with E-state index in [9.17, 15) is 18.0 Å². The molecule has 0 radical (unpaired) electrons. The van der Waals surface area contributed by atoms with Crippen molar-refractivity contribution in [3.05, 3.63) is 100 Å². The van der Waals surface area contributed by atoms with Crippen molar-refractivity contribution in [3.63, 3.8) is 0 Å². The molecule has 8 heteroatoms. The van der Waals surface area contributed by atoms with Crippen molar-refractivity contribution in [2.24, 2.45) is 5.92 Å². The second-order valence-corrected chi connectivity index (χ2v) is 10.3. The van der Waals surface area contributed by atoms with Gasteiger partial charge in [0.15, 0.2) is 17.4 Å². The number of carbonyl (C=O) groups excluding carboxylic acids is 1. The highest BCUT2D eigenvalue weighted by molar-refractivity contribution is 6.02. The van der Waals surface area contributed by atoms with Gasteiger partial charge in [-0.1, -0.05) is 36.4 Å². The van der Waals surface area contributed by atoms with Crippen molar-refractivity contribution < 1.29 is 27.4 Å². The summed E-state index contributed by atoms with van der Waals surface area (Å²) in [5, 5.41) is 6.64. The van der Waals surface area contributed by atoms with Gasteiger partial charge in [-0.2, -0.15) is 4.39 Å². The molecule has 0 aromatic heterocycles. The fourth-order valence-electron chi connectivity index (χ4n) is 5.15. The molecule has 40 heavy (non-hydrogen) atoms. The molecule has 1 heterocycles. The van der Waals surface area contributed by atoms with Gasteiger partial charge in [-0.05, 0) is 91.1 Å². The highest BCUT2D eigenvalue weighted by Crippen LogP contribution is 2.42. The van der Waals surface area contributed by atoms with Crippen LogP contribution in [0.5, 0.6) is 11.5 Å². The molecule has 1 fully saturated rings. The Kier molecular flexibility index (Phi) is 8.75. The predicted octanol–water partition coefficient (Wildman–Crippen LogP) is 6.14. The molecule has 3 aromatic carbocycles. The second-order valence-electron chi connectivity index (χ2n) is 10.3. The van der Waals surface area contributed by atoms with Crippen molar-refractivity contribution in [1.29, 1.82) is 0 Å². The first kappa shape index (κ1) is 27.8. The topological polar surface area (TPSA) is 59.6 Å². The number of benzene rings is 3. The van der Waals surface area contributed by atoms with Crippen LogP contribution >= 0.6 is 0 Å². The zero-order valence-corrected chi connectivity index (χ0v) is 22.4. The van der Waals surface area contributed by atoms with Crippen LogP contribution < -0.4 is 20.1 Å². The molecule has 0 bridgehead atoms. The van der Waals surface area contributed by atoms with E-state index in [0.29, 0.717) is 25.3 Å². The standard InChI is InChI=1S/C32H33F3N2O3/c1-39-24-6-2-5-23(18-24)30(22-11-12-22)37-32(38)26-19-36-16-15-25(26)21-9-7-20(8-10-21)4-3-17-40-31-28(34)14-13-27(33)29(31)35/h2,5-10,13-14,18,22,30,36H,3-4,11-12,15-17,19H2,1H3,(H,37,38). The van der Waals surface area contributed by atoms with E-state index in [4.69, 9.17) is 9.47 Å². The molecule has 5 nitrogen and oxygen atoms in total. The van der Waals surface area contributed by atoms with Gasteiger partial charge in [0, 0.05) is 12.1 Å². The maximum Gasteiger partial charge on any atom is 0.249 e. The van der Waals surface area contributed by atoms with E-state index in [1.165, 1.54) is 0 Å². The summed E-state index contributed by atoms with van der Waals surface area (Å²) in [6.45, 7) is 1.35. The fraction of sp³-hybridized carbons (Fsp3) is 0.344. The van der Waals surface area contributed by atoms with E-state index in [1.54, 1.807) is 7.11 Å². The summed E-state index contributed by atoms with van der Waals surface area (Å²) in [5.74, 6) is -2.92. The molecule has 1 unspecified atom stereocenters. The Balaban J connectivity index is 1.24. The van der Waals surface area contributed by atoms with Gasteiger partial charge in [0.05, 0.1) is 19.8 Å². The number of carbonyl (C=O) groups is 1. The average molecular weight is 551 g/mol. The Labute approximate surface area is 232 Å². The summed E-state index contributed by atoms with van der Waals surface area (Å²) in [6.07, 6.45) is 4.04. The molecular weight excluding hydrogens is 517 g/mol. The molecular formula is C32H33F3N2O3. The Morgan fingerprint density at radius 3 is 2.58 bits per heavy atom. The Morgan fingerprint density at radius 1 is 1.05 bits per heavy atom. The lowest BCUT2D eigenvalue weighted by atomic mass is 9.92. The lowest BCUT2D eigenvalue weighted by Gasteiger charge is -2.25. The monoisotopic (exact) mass is 550 g/mol. The van der Waals surface area contributed by atoms with E-state index in [-0.39, 0.29) is 18.6 Å². The molecule has 210 valence electrons. The second kappa shape index (κ2) is 12.6. The molecule has 1 aliphatic carbocycles. The summed E-state index contributed by atoms with van der Waals surface area (Å²) in [6, 6.07) is 17.4. The number of hydrogen-bond donors (Lipinski definition) is 2. The van der Waals surface area contributed by atoms with Crippen molar-refractivity contribution >= 4 is 11.5 Å². The molecule has 5 rings (SSSR count). The van der Waals surface area contributed by atoms with E-state index >= 15 is 0 Å². The maximum absolute atomic E-state index is 13.8. The number of ether oxygens (including phenoxy) is 2. The third kappa shape index (κ3) is 6.50. The fourth-order valence-corrected chi connectivity index (χ4v) is 5.15. The van der Waals surface area contributed by atoms with E-state index < -0.39 is 23.2 Å². The van der Waals surface area contributed by atoms with Gasteiger partial charge in [-0.25, -0.2) is 8.78 Å². The van der Waals surface area contributed by atoms with Crippen LogP contribution in [-0.2, 0) is 11.2 Å². The van der Waals surface area contributed by atoms with Gasteiger partial charge >= 0.3 is 0 Å². The number of nitrogens with one attached hydrogen (secondary N) is 2. The Hall–Kier alpha value is -3.78. The van der Waals surface area contributed by atoms with Crippen molar-refractivity contribution in [2.45, 2.75) is 38.1 Å². The number of hydrogen-bond acceptors (Lipinski definition) is 4. The van der Waals surface area contributed by atoms with Crippen molar-refractivity contribution in [3.8, 4) is 11.5 Å². The number of halogens is 3. The van der Waals surface area contributed by atoms with Crippen molar-refractivity contribution in [1.82, 2.24) is 10.6 Å². The number of methoxy groups -OCH3 is 1. The molecule has 2 aliphatic rings. The van der Waals surface area contributed by atoms with E-state index in [2.05, 4.69) is 10.6 Å². The van der Waals surface area contributed by atoms with Crippen LogP contribution in [0.1, 0.15) is 48.4 Å². The normalized spacial score (nSPS) is 16.0. The maximum atomic E-state index is 13.8. The first-order valence-corrected chi connectivity index (χ1v) is 13.7. The largest absolute Gasteiger partial charge is 0.497 e. The van der Waals surface area contributed by atoms with Gasteiger partial charge in [0.25, 0.3) is 0 Å². The SMILES string of the molecule is COc1cccc(C(NC(=O)C2=C(c3ccc(CCCOc4c(F)ccc(F)c4F)cc3)CCNC2)C2CC2)c1. The van der Waals surface area contributed by atoms with E-state index in [1.807, 2.05) is 48.5 Å². The first-order chi connectivity index (χ1) is 19.4. The van der Waals surface area contributed by atoms with Crippen LogP contribution in [0.25, 0.3) is 5.57 Å². The molecule has 1 aliphatic heterocycles. The van der Waals surface area contributed by atoms with E-state index in [0.717, 1.165) is 71.5 Å². The van der Waals surface area contributed by atoms with Crippen LogP contribution in [0.4, 0.5) is 13.2 Å². The van der Waals surface area contributed by atoms with Gasteiger partial charge in [-0.3, -0.25) is 4.79 Å². The average Bonchev–Trinajstić information content (AvgIpc) is 3.83. The summed E-state index contributed by atoms with van der Waals surface area (Å²) in [5.41, 5.74) is 4.86. The highest BCUT2D eigenvalue weighted by Gasteiger charge is 2.34. The number of rotatable bonds is 11. The minimum absolute atomic E-state index is 0.0512. The third-order valence-corrected chi connectivity index (χ3v) is 7.49. The number of aryl methyl sites for hydroxylation is 1. The quantitative estimate of drug-likeness (QED) is 0.223. The third-order valence-electron chi connectivity index (χ3n) is 7.49. The summed E-state index contributed by atoms with van der Waals surface area (Å²) >= 11 is 0. The van der Waals surface area contributed by atoms with Gasteiger partial charge < -0.3 is 20.1 Å². The minimum atomic E-state index is -1.31. The minimum Gasteiger partial charge on any atom is -0.497 e. The molecule has 0 saturated heterocycles. The summed E-state index contributed by atoms with van der Waals surface area (Å²) in [4.78, 5) is 13.5. The van der Waals surface area contributed by atoms with Gasteiger partial charge in [-0.15, -0.1) is 0 Å². The van der Waals surface area contributed by atoms with Crippen molar-refractivity contribution in [2.75, 3.05) is 26.8 Å². The molecule has 1 atom stereocenters. The summed E-state index contributed by atoms with van der Waals surface area (Å²) < 4.78 is 51.4. The van der Waals surface area contributed by atoms with Gasteiger partial charge in [0.1, 0.15) is 5.75 Å². The van der Waals surface area contributed by atoms with Gasteiger partial charge in [0.2, 0.25) is 11.7 Å². The number of amides is 1. The first-order valence-electron chi connectivity index (χ1n) is 13.7. The van der Waals surface area contributed by atoms with Crippen LogP contribution in [-0.4, -0.2) is 32.7 Å². The van der Waals surface area contributed by atoms with Crippen LogP contribution in [0.15, 0.2) is 66.2 Å². The lowest BCUT2D eigenvalue weighted by molar-refractivity contribution is -0.118. The molecule has 2 N–H and O–H groups in total. The lowest BCUT2D eigenvalue weighted by Crippen LogP contribution is -2.37.